The summed E-state index contributed by atoms with van der Waals surface area (Å²) in [4.78, 5) is 12.7. The predicted molar refractivity (Wildman–Crippen MR) is 74.1 cm³/mol. The summed E-state index contributed by atoms with van der Waals surface area (Å²) < 4.78 is 0. The van der Waals surface area contributed by atoms with Crippen LogP contribution in [0.15, 0.2) is 18.5 Å². The minimum atomic E-state index is 0.192. The molecule has 0 unspecified atom stereocenters. The second-order valence-corrected chi connectivity index (χ2v) is 5.10. The summed E-state index contributed by atoms with van der Waals surface area (Å²) in [5, 5.41) is 0.826. The van der Waals surface area contributed by atoms with E-state index in [0.29, 0.717) is 16.1 Å². The van der Waals surface area contributed by atoms with E-state index < -0.39 is 0 Å². The van der Waals surface area contributed by atoms with Crippen LogP contribution in [0.5, 0.6) is 0 Å². The standard InChI is InChI=1S/C13H13Cl2N3/c1-7(2)10-11(14)17-13(18-12(10)15)9-4-5-16-6-8(9)3/h4-7H,1-3H3. The molecule has 2 aromatic rings. The quantitative estimate of drug-likeness (QED) is 0.772. The normalized spacial score (nSPS) is 11.0. The van der Waals surface area contributed by atoms with Gasteiger partial charge in [0.15, 0.2) is 5.82 Å². The first-order valence-electron chi connectivity index (χ1n) is 5.64. The van der Waals surface area contributed by atoms with Gasteiger partial charge in [-0.25, -0.2) is 9.97 Å². The average molecular weight is 282 g/mol. The van der Waals surface area contributed by atoms with E-state index in [1.54, 1.807) is 12.4 Å². The summed E-state index contributed by atoms with van der Waals surface area (Å²) in [6.07, 6.45) is 3.46. The number of pyridine rings is 1. The molecule has 0 saturated carbocycles. The summed E-state index contributed by atoms with van der Waals surface area (Å²) in [5.74, 6) is 0.729. The zero-order chi connectivity index (χ0) is 13.3. The van der Waals surface area contributed by atoms with Gasteiger partial charge in [-0.2, -0.15) is 0 Å². The largest absolute Gasteiger partial charge is 0.264 e. The average Bonchev–Trinajstić information content (AvgIpc) is 2.27. The molecule has 0 saturated heterocycles. The molecule has 2 rings (SSSR count). The first kappa shape index (κ1) is 13.2. The SMILES string of the molecule is Cc1cnccc1-c1nc(Cl)c(C(C)C)c(Cl)n1. The first-order valence-corrected chi connectivity index (χ1v) is 6.40. The molecule has 2 heterocycles. The molecule has 0 atom stereocenters. The van der Waals surface area contributed by atoms with Crippen LogP contribution in [-0.2, 0) is 0 Å². The summed E-state index contributed by atoms with van der Waals surface area (Å²) in [6.45, 7) is 5.96. The van der Waals surface area contributed by atoms with E-state index in [2.05, 4.69) is 15.0 Å². The van der Waals surface area contributed by atoms with Crippen molar-refractivity contribution in [2.24, 2.45) is 0 Å². The van der Waals surface area contributed by atoms with Gasteiger partial charge in [-0.15, -0.1) is 0 Å². The zero-order valence-electron chi connectivity index (χ0n) is 10.4. The summed E-state index contributed by atoms with van der Waals surface area (Å²) in [6, 6.07) is 1.85. The van der Waals surface area contributed by atoms with Gasteiger partial charge in [0.05, 0.1) is 0 Å². The first-order chi connectivity index (χ1) is 8.50. The van der Waals surface area contributed by atoms with Gasteiger partial charge in [-0.1, -0.05) is 37.0 Å². The Labute approximate surface area is 116 Å². The van der Waals surface area contributed by atoms with E-state index >= 15 is 0 Å². The van der Waals surface area contributed by atoms with Crippen molar-refractivity contribution in [3.63, 3.8) is 0 Å². The Bertz CT molecular complexity index is 559. The fourth-order valence-corrected chi connectivity index (χ4v) is 2.56. The highest BCUT2D eigenvalue weighted by Crippen LogP contribution is 2.31. The summed E-state index contributed by atoms with van der Waals surface area (Å²) in [5.41, 5.74) is 2.67. The maximum absolute atomic E-state index is 6.18. The third kappa shape index (κ3) is 2.47. The monoisotopic (exact) mass is 281 g/mol. The van der Waals surface area contributed by atoms with Crippen LogP contribution < -0.4 is 0 Å². The van der Waals surface area contributed by atoms with Gasteiger partial charge >= 0.3 is 0 Å². The number of hydrogen-bond acceptors (Lipinski definition) is 3. The van der Waals surface area contributed by atoms with E-state index in [9.17, 15) is 0 Å². The highest BCUT2D eigenvalue weighted by molar-refractivity contribution is 6.34. The molecule has 0 bridgehead atoms. The lowest BCUT2D eigenvalue weighted by Gasteiger charge is -2.11. The molecule has 0 aromatic carbocycles. The van der Waals surface area contributed by atoms with Crippen LogP contribution in [0.2, 0.25) is 10.3 Å². The molecule has 0 fully saturated rings. The van der Waals surface area contributed by atoms with Crippen LogP contribution in [-0.4, -0.2) is 15.0 Å². The Balaban J connectivity index is 2.59. The number of rotatable bonds is 2. The van der Waals surface area contributed by atoms with Crippen molar-refractivity contribution in [1.29, 1.82) is 0 Å². The maximum Gasteiger partial charge on any atom is 0.162 e. The van der Waals surface area contributed by atoms with E-state index in [1.165, 1.54) is 0 Å². The smallest absolute Gasteiger partial charge is 0.162 e. The van der Waals surface area contributed by atoms with E-state index in [-0.39, 0.29) is 5.92 Å². The fraction of sp³-hybridized carbons (Fsp3) is 0.308. The van der Waals surface area contributed by atoms with Gasteiger partial charge in [0, 0.05) is 23.5 Å². The second kappa shape index (κ2) is 5.21. The van der Waals surface area contributed by atoms with Gasteiger partial charge in [-0.05, 0) is 24.5 Å². The van der Waals surface area contributed by atoms with Gasteiger partial charge in [0.2, 0.25) is 0 Å². The molecule has 0 aliphatic heterocycles. The van der Waals surface area contributed by atoms with Crippen molar-refractivity contribution in [3.05, 3.63) is 39.9 Å². The van der Waals surface area contributed by atoms with Crippen molar-refractivity contribution in [2.45, 2.75) is 26.7 Å². The van der Waals surface area contributed by atoms with Crippen LogP contribution in [0.25, 0.3) is 11.4 Å². The summed E-state index contributed by atoms with van der Waals surface area (Å²) in [7, 11) is 0. The molecular weight excluding hydrogens is 269 g/mol. The van der Waals surface area contributed by atoms with E-state index in [4.69, 9.17) is 23.2 Å². The lowest BCUT2D eigenvalue weighted by molar-refractivity contribution is 0.848. The number of nitrogens with zero attached hydrogens (tertiary/aromatic N) is 3. The molecule has 0 aliphatic rings. The Morgan fingerprint density at radius 2 is 1.72 bits per heavy atom. The van der Waals surface area contributed by atoms with Crippen molar-refractivity contribution >= 4 is 23.2 Å². The van der Waals surface area contributed by atoms with Crippen LogP contribution in [0.3, 0.4) is 0 Å². The summed E-state index contributed by atoms with van der Waals surface area (Å²) >= 11 is 12.4. The molecule has 0 N–H and O–H groups in total. The molecule has 0 amide bonds. The minimum Gasteiger partial charge on any atom is -0.264 e. The van der Waals surface area contributed by atoms with Crippen molar-refractivity contribution in [1.82, 2.24) is 15.0 Å². The lowest BCUT2D eigenvalue weighted by atomic mass is 10.1. The van der Waals surface area contributed by atoms with Crippen LogP contribution >= 0.6 is 23.2 Å². The Morgan fingerprint density at radius 1 is 1.11 bits per heavy atom. The van der Waals surface area contributed by atoms with Crippen molar-refractivity contribution in [3.8, 4) is 11.4 Å². The van der Waals surface area contributed by atoms with Gasteiger partial charge in [0.25, 0.3) is 0 Å². The Kier molecular flexibility index (Phi) is 3.83. The number of aromatic nitrogens is 3. The molecule has 5 heteroatoms. The maximum atomic E-state index is 6.18. The highest BCUT2D eigenvalue weighted by atomic mass is 35.5. The molecule has 0 spiro atoms. The second-order valence-electron chi connectivity index (χ2n) is 4.39. The molecule has 3 nitrogen and oxygen atoms in total. The van der Waals surface area contributed by atoms with Gasteiger partial charge in [-0.3, -0.25) is 4.98 Å². The molecule has 94 valence electrons. The van der Waals surface area contributed by atoms with E-state index in [0.717, 1.165) is 16.7 Å². The lowest BCUT2D eigenvalue weighted by Crippen LogP contribution is -2.00. The Morgan fingerprint density at radius 3 is 2.22 bits per heavy atom. The van der Waals surface area contributed by atoms with Crippen molar-refractivity contribution in [2.75, 3.05) is 0 Å². The molecule has 0 radical (unpaired) electrons. The van der Waals surface area contributed by atoms with Crippen LogP contribution in [0.1, 0.15) is 30.9 Å². The van der Waals surface area contributed by atoms with Crippen molar-refractivity contribution < 1.29 is 0 Å². The number of hydrogen-bond donors (Lipinski definition) is 0. The number of aryl methyl sites for hydroxylation is 1. The van der Waals surface area contributed by atoms with Gasteiger partial charge in [0.1, 0.15) is 10.3 Å². The predicted octanol–water partition coefficient (Wildman–Crippen LogP) is 4.28. The minimum absolute atomic E-state index is 0.192. The third-order valence-corrected chi connectivity index (χ3v) is 3.27. The molecule has 18 heavy (non-hydrogen) atoms. The van der Waals surface area contributed by atoms with E-state index in [1.807, 2.05) is 26.8 Å². The van der Waals surface area contributed by atoms with Crippen LogP contribution in [0.4, 0.5) is 0 Å². The molecule has 2 aromatic heterocycles. The molecule has 0 aliphatic carbocycles. The van der Waals surface area contributed by atoms with Crippen LogP contribution in [0, 0.1) is 6.92 Å². The number of halogens is 2. The third-order valence-electron chi connectivity index (χ3n) is 2.69. The molecular formula is C13H13Cl2N3. The topological polar surface area (TPSA) is 38.7 Å². The fourth-order valence-electron chi connectivity index (χ4n) is 1.74. The highest BCUT2D eigenvalue weighted by Gasteiger charge is 2.16. The van der Waals surface area contributed by atoms with Gasteiger partial charge < -0.3 is 0 Å². The Hall–Kier alpha value is -1.19. The zero-order valence-corrected chi connectivity index (χ0v) is 11.9.